The molecule has 1 rings (SSSR count). The number of thioether (sulfide) groups is 1. The third-order valence-corrected chi connectivity index (χ3v) is 4.36. The molecule has 0 aromatic heterocycles. The van der Waals surface area contributed by atoms with E-state index in [1.54, 1.807) is 0 Å². The van der Waals surface area contributed by atoms with E-state index in [2.05, 4.69) is 25.4 Å². The molecule has 102 valence electrons. The van der Waals surface area contributed by atoms with Gasteiger partial charge in [0, 0.05) is 19.8 Å². The van der Waals surface area contributed by atoms with Crippen LogP contribution in [0.3, 0.4) is 0 Å². The molecule has 0 amide bonds. The highest BCUT2D eigenvalue weighted by Gasteiger charge is 2.31. The molecule has 0 atom stereocenters. The van der Waals surface area contributed by atoms with Crippen LogP contribution >= 0.6 is 11.8 Å². The van der Waals surface area contributed by atoms with E-state index in [1.165, 1.54) is 38.0 Å². The summed E-state index contributed by atoms with van der Waals surface area (Å²) in [5.74, 6) is 2.05. The lowest BCUT2D eigenvalue weighted by molar-refractivity contribution is 0.00999. The fraction of sp³-hybridized carbons (Fsp3) is 1.00. The zero-order valence-electron chi connectivity index (χ0n) is 11.8. The average molecular weight is 259 g/mol. The maximum atomic E-state index is 5.53. The van der Waals surface area contributed by atoms with Gasteiger partial charge in [0.2, 0.25) is 0 Å². The fourth-order valence-corrected chi connectivity index (χ4v) is 2.97. The Hall–Kier alpha value is 0.270. The largest absolute Gasteiger partial charge is 0.381 e. The Labute approximate surface area is 111 Å². The summed E-state index contributed by atoms with van der Waals surface area (Å²) in [4.78, 5) is 0. The third-order valence-electron chi connectivity index (χ3n) is 3.66. The standard InChI is InChI=1S/C14H29NOS/c1-13(2)11-15-12-14(5-4-10-17-3)6-8-16-9-7-14/h13,15H,4-12H2,1-3H3. The van der Waals surface area contributed by atoms with Crippen LogP contribution in [0, 0.1) is 11.3 Å². The minimum absolute atomic E-state index is 0.517. The zero-order valence-corrected chi connectivity index (χ0v) is 12.6. The number of hydrogen-bond acceptors (Lipinski definition) is 3. The fourth-order valence-electron chi connectivity index (χ4n) is 2.54. The Bertz CT molecular complexity index is 191. The van der Waals surface area contributed by atoms with Gasteiger partial charge in [-0.3, -0.25) is 0 Å². The lowest BCUT2D eigenvalue weighted by Crippen LogP contribution is -2.40. The second-order valence-corrected chi connectivity index (χ2v) is 6.72. The van der Waals surface area contributed by atoms with E-state index in [1.807, 2.05) is 11.8 Å². The van der Waals surface area contributed by atoms with E-state index >= 15 is 0 Å². The molecule has 0 aromatic rings. The maximum absolute atomic E-state index is 5.53. The van der Waals surface area contributed by atoms with E-state index in [9.17, 15) is 0 Å². The molecule has 1 fully saturated rings. The molecule has 0 aliphatic carbocycles. The van der Waals surface area contributed by atoms with E-state index in [0.717, 1.165) is 25.7 Å². The van der Waals surface area contributed by atoms with Crippen LogP contribution in [0.1, 0.15) is 39.5 Å². The summed E-state index contributed by atoms with van der Waals surface area (Å²) in [6, 6.07) is 0. The summed E-state index contributed by atoms with van der Waals surface area (Å²) >= 11 is 1.97. The van der Waals surface area contributed by atoms with Gasteiger partial charge in [0.15, 0.2) is 0 Å². The highest BCUT2D eigenvalue weighted by Crippen LogP contribution is 2.35. The first-order valence-electron chi connectivity index (χ1n) is 6.96. The predicted octanol–water partition coefficient (Wildman–Crippen LogP) is 3.17. The quantitative estimate of drug-likeness (QED) is 0.677. The van der Waals surface area contributed by atoms with Crippen LogP contribution in [0.2, 0.25) is 0 Å². The average Bonchev–Trinajstić information content (AvgIpc) is 2.30. The second-order valence-electron chi connectivity index (χ2n) is 5.73. The first-order chi connectivity index (χ1) is 8.18. The van der Waals surface area contributed by atoms with Crippen molar-refractivity contribution in [3.05, 3.63) is 0 Å². The van der Waals surface area contributed by atoms with Gasteiger partial charge in [-0.15, -0.1) is 0 Å². The Morgan fingerprint density at radius 2 is 2.00 bits per heavy atom. The van der Waals surface area contributed by atoms with Gasteiger partial charge in [0.1, 0.15) is 0 Å². The molecule has 1 heterocycles. The predicted molar refractivity (Wildman–Crippen MR) is 77.8 cm³/mol. The van der Waals surface area contributed by atoms with Crippen molar-refractivity contribution in [2.24, 2.45) is 11.3 Å². The van der Waals surface area contributed by atoms with E-state index in [4.69, 9.17) is 4.74 Å². The van der Waals surface area contributed by atoms with Crippen molar-refractivity contribution in [1.29, 1.82) is 0 Å². The highest BCUT2D eigenvalue weighted by molar-refractivity contribution is 7.98. The van der Waals surface area contributed by atoms with Crippen LogP contribution < -0.4 is 5.32 Å². The van der Waals surface area contributed by atoms with E-state index < -0.39 is 0 Å². The second kappa shape index (κ2) is 8.39. The molecule has 2 nitrogen and oxygen atoms in total. The smallest absolute Gasteiger partial charge is 0.0471 e. The number of ether oxygens (including phenoxy) is 1. The Balaban J connectivity index is 2.34. The number of rotatable bonds is 8. The van der Waals surface area contributed by atoms with Gasteiger partial charge in [-0.1, -0.05) is 13.8 Å². The molecule has 1 aliphatic heterocycles. The molecule has 17 heavy (non-hydrogen) atoms. The van der Waals surface area contributed by atoms with Crippen LogP contribution in [0.5, 0.6) is 0 Å². The van der Waals surface area contributed by atoms with Crippen molar-refractivity contribution in [3.63, 3.8) is 0 Å². The molecule has 1 saturated heterocycles. The Morgan fingerprint density at radius 3 is 2.59 bits per heavy atom. The minimum atomic E-state index is 0.517. The topological polar surface area (TPSA) is 21.3 Å². The summed E-state index contributed by atoms with van der Waals surface area (Å²) in [5, 5.41) is 3.66. The van der Waals surface area contributed by atoms with Crippen molar-refractivity contribution < 1.29 is 4.74 Å². The number of nitrogens with one attached hydrogen (secondary N) is 1. The first-order valence-corrected chi connectivity index (χ1v) is 8.35. The summed E-state index contributed by atoms with van der Waals surface area (Å²) in [6.45, 7) is 8.80. The molecule has 0 saturated carbocycles. The van der Waals surface area contributed by atoms with Crippen molar-refractivity contribution in [2.75, 3.05) is 38.3 Å². The van der Waals surface area contributed by atoms with Crippen LogP contribution in [0.25, 0.3) is 0 Å². The first kappa shape index (κ1) is 15.3. The molecular formula is C14H29NOS. The number of hydrogen-bond donors (Lipinski definition) is 1. The van der Waals surface area contributed by atoms with Crippen LogP contribution in [0.15, 0.2) is 0 Å². The SMILES string of the molecule is CSCCCC1(CNCC(C)C)CCOCC1. The summed E-state index contributed by atoms with van der Waals surface area (Å²) in [5.41, 5.74) is 0.517. The van der Waals surface area contributed by atoms with Crippen LogP contribution in [-0.4, -0.2) is 38.3 Å². The van der Waals surface area contributed by atoms with E-state index in [-0.39, 0.29) is 0 Å². The zero-order chi connectivity index (χ0) is 12.6. The monoisotopic (exact) mass is 259 g/mol. The van der Waals surface area contributed by atoms with Crippen LogP contribution in [0.4, 0.5) is 0 Å². The lowest BCUT2D eigenvalue weighted by Gasteiger charge is -2.38. The molecule has 3 heteroatoms. The Kier molecular flexibility index (Phi) is 7.56. The molecule has 1 aliphatic rings. The molecule has 0 bridgehead atoms. The third kappa shape index (κ3) is 6.12. The van der Waals surface area contributed by atoms with Gasteiger partial charge in [-0.25, -0.2) is 0 Å². The molecule has 1 N–H and O–H groups in total. The van der Waals surface area contributed by atoms with Crippen molar-refractivity contribution >= 4 is 11.8 Å². The normalized spacial score (nSPS) is 19.8. The minimum Gasteiger partial charge on any atom is -0.381 e. The highest BCUT2D eigenvalue weighted by atomic mass is 32.2. The molecular weight excluding hydrogens is 230 g/mol. The lowest BCUT2D eigenvalue weighted by atomic mass is 9.76. The van der Waals surface area contributed by atoms with E-state index in [0.29, 0.717) is 5.41 Å². The summed E-state index contributed by atoms with van der Waals surface area (Å²) < 4.78 is 5.53. The molecule has 0 aromatic carbocycles. The van der Waals surface area contributed by atoms with Crippen molar-refractivity contribution in [2.45, 2.75) is 39.5 Å². The molecule has 0 spiro atoms. The van der Waals surface area contributed by atoms with Gasteiger partial charge < -0.3 is 10.1 Å². The van der Waals surface area contributed by atoms with Gasteiger partial charge >= 0.3 is 0 Å². The van der Waals surface area contributed by atoms with Gasteiger partial charge in [0.25, 0.3) is 0 Å². The van der Waals surface area contributed by atoms with Gasteiger partial charge in [-0.05, 0) is 55.6 Å². The summed E-state index contributed by atoms with van der Waals surface area (Å²) in [6.07, 6.45) is 7.40. The van der Waals surface area contributed by atoms with Crippen molar-refractivity contribution in [1.82, 2.24) is 5.32 Å². The van der Waals surface area contributed by atoms with Gasteiger partial charge in [-0.2, -0.15) is 11.8 Å². The molecule has 0 unspecified atom stereocenters. The van der Waals surface area contributed by atoms with Crippen molar-refractivity contribution in [3.8, 4) is 0 Å². The molecule has 0 radical (unpaired) electrons. The van der Waals surface area contributed by atoms with Gasteiger partial charge in [0.05, 0.1) is 0 Å². The summed E-state index contributed by atoms with van der Waals surface area (Å²) in [7, 11) is 0. The maximum Gasteiger partial charge on any atom is 0.0471 e. The Morgan fingerprint density at radius 1 is 1.29 bits per heavy atom. The van der Waals surface area contributed by atoms with Crippen LogP contribution in [-0.2, 0) is 4.74 Å².